The van der Waals surface area contributed by atoms with Gasteiger partial charge in [0.1, 0.15) is 0 Å². The zero-order valence-corrected chi connectivity index (χ0v) is 18.2. The monoisotopic (exact) mass is 493 g/mol. The van der Waals surface area contributed by atoms with E-state index < -0.39 is 0 Å². The molecule has 8 nitrogen and oxygen atoms in total. The number of carbonyl (C=O) groups excluding carboxylic acids is 1. The van der Waals surface area contributed by atoms with Gasteiger partial charge in [0.2, 0.25) is 5.91 Å². The molecule has 2 heterocycles. The number of hydrogen-bond donors (Lipinski definition) is 3. The number of aromatic nitrogens is 3. The zero-order chi connectivity index (χ0) is 19.1. The van der Waals surface area contributed by atoms with Gasteiger partial charge in [0, 0.05) is 32.4 Å². The van der Waals surface area contributed by atoms with Crippen molar-refractivity contribution in [3.63, 3.8) is 0 Å². The van der Waals surface area contributed by atoms with Gasteiger partial charge in [-0.2, -0.15) is 0 Å². The van der Waals surface area contributed by atoms with Gasteiger partial charge in [-0.3, -0.25) is 14.2 Å². The molecule has 0 radical (unpaired) electrons. The molecule has 28 heavy (non-hydrogen) atoms. The van der Waals surface area contributed by atoms with E-state index in [-0.39, 0.29) is 29.9 Å². The third-order valence-corrected chi connectivity index (χ3v) is 4.00. The highest BCUT2D eigenvalue weighted by Crippen LogP contribution is 2.09. The molecule has 0 saturated heterocycles. The van der Waals surface area contributed by atoms with Crippen LogP contribution in [0.5, 0.6) is 0 Å². The third-order valence-electron chi connectivity index (χ3n) is 4.00. The number of guanidine groups is 1. The largest absolute Gasteiger partial charge is 0.356 e. The minimum Gasteiger partial charge on any atom is -0.356 e. The number of amides is 1. The fourth-order valence-corrected chi connectivity index (χ4v) is 2.68. The highest BCUT2D eigenvalue weighted by molar-refractivity contribution is 14.0. The van der Waals surface area contributed by atoms with Crippen molar-refractivity contribution < 1.29 is 4.79 Å². The average Bonchev–Trinajstić information content (AvgIpc) is 3.08. The van der Waals surface area contributed by atoms with E-state index in [1.807, 2.05) is 53.1 Å². The minimum atomic E-state index is -0.0697. The van der Waals surface area contributed by atoms with E-state index >= 15 is 0 Å². The van der Waals surface area contributed by atoms with Crippen molar-refractivity contribution in [1.29, 1.82) is 0 Å². The van der Waals surface area contributed by atoms with E-state index in [4.69, 9.17) is 0 Å². The van der Waals surface area contributed by atoms with Gasteiger partial charge in [-0.25, -0.2) is 0 Å². The minimum absolute atomic E-state index is 0. The van der Waals surface area contributed by atoms with Gasteiger partial charge in [-0.1, -0.05) is 18.2 Å². The summed E-state index contributed by atoms with van der Waals surface area (Å²) in [6.07, 6.45) is 2.78. The van der Waals surface area contributed by atoms with E-state index in [1.54, 1.807) is 7.05 Å². The molecule has 3 N–H and O–H groups in total. The molecule has 1 aromatic carbocycles. The van der Waals surface area contributed by atoms with Crippen molar-refractivity contribution in [2.75, 3.05) is 18.9 Å². The van der Waals surface area contributed by atoms with Gasteiger partial charge in [-0.05, 0) is 36.2 Å². The van der Waals surface area contributed by atoms with E-state index in [9.17, 15) is 4.79 Å². The average molecular weight is 493 g/mol. The molecule has 0 atom stereocenters. The van der Waals surface area contributed by atoms with Crippen LogP contribution in [0.2, 0.25) is 0 Å². The number of benzene rings is 1. The number of nitrogens with zero attached hydrogens (tertiary/aromatic N) is 4. The van der Waals surface area contributed by atoms with Crippen LogP contribution in [0.3, 0.4) is 0 Å². The lowest BCUT2D eigenvalue weighted by Crippen LogP contribution is -2.38. The Morgan fingerprint density at radius 1 is 1.11 bits per heavy atom. The second-order valence-corrected chi connectivity index (χ2v) is 6.03. The highest BCUT2D eigenvalue weighted by atomic mass is 127. The van der Waals surface area contributed by atoms with Crippen LogP contribution in [0.15, 0.2) is 53.7 Å². The molecule has 1 amide bonds. The molecule has 0 bridgehead atoms. The van der Waals surface area contributed by atoms with Crippen molar-refractivity contribution in [3.8, 4) is 0 Å². The summed E-state index contributed by atoms with van der Waals surface area (Å²) in [5.41, 5.74) is 2.80. The number of fused-ring (bicyclic) bond motifs is 1. The molecule has 2 aromatic heterocycles. The number of hydrogen-bond acceptors (Lipinski definition) is 4. The van der Waals surface area contributed by atoms with Crippen LogP contribution in [0.4, 0.5) is 5.69 Å². The Balaban J connectivity index is 0.00000280. The Hall–Kier alpha value is -2.69. The molecule has 0 saturated carbocycles. The number of carbonyl (C=O) groups is 1. The van der Waals surface area contributed by atoms with Gasteiger partial charge in [0.15, 0.2) is 17.4 Å². The summed E-state index contributed by atoms with van der Waals surface area (Å²) < 4.78 is 1.94. The van der Waals surface area contributed by atoms with Crippen molar-refractivity contribution in [1.82, 2.24) is 25.2 Å². The SMILES string of the molecule is CN=C(NCCc1ccc(NC(C)=O)cc1)NCc1nnc2ccccn12.I. The topological polar surface area (TPSA) is 95.7 Å². The van der Waals surface area contributed by atoms with Gasteiger partial charge in [0.05, 0.1) is 6.54 Å². The van der Waals surface area contributed by atoms with Gasteiger partial charge < -0.3 is 16.0 Å². The fourth-order valence-electron chi connectivity index (χ4n) is 2.68. The maximum atomic E-state index is 11.0. The second kappa shape index (κ2) is 10.6. The Morgan fingerprint density at radius 2 is 1.89 bits per heavy atom. The predicted octanol–water partition coefficient (Wildman–Crippen LogP) is 2.21. The van der Waals surface area contributed by atoms with Crippen molar-refractivity contribution in [3.05, 3.63) is 60.0 Å². The first kappa shape index (κ1) is 21.6. The molecule has 9 heteroatoms. The van der Waals surface area contributed by atoms with Gasteiger partial charge >= 0.3 is 0 Å². The lowest BCUT2D eigenvalue weighted by molar-refractivity contribution is -0.114. The van der Waals surface area contributed by atoms with Gasteiger partial charge in [0.25, 0.3) is 0 Å². The summed E-state index contributed by atoms with van der Waals surface area (Å²) in [5, 5.41) is 17.6. The first-order valence-corrected chi connectivity index (χ1v) is 8.75. The predicted molar refractivity (Wildman–Crippen MR) is 121 cm³/mol. The number of halogens is 1. The molecular formula is C19H24IN7O. The lowest BCUT2D eigenvalue weighted by atomic mass is 10.1. The molecule has 0 fully saturated rings. The number of pyridine rings is 1. The Morgan fingerprint density at radius 3 is 2.61 bits per heavy atom. The van der Waals surface area contributed by atoms with Crippen LogP contribution in [-0.2, 0) is 17.8 Å². The van der Waals surface area contributed by atoms with Crippen LogP contribution >= 0.6 is 24.0 Å². The standard InChI is InChI=1S/C19H23N7O.HI/c1-14(27)23-16-8-6-15(7-9-16)10-11-21-19(20-2)22-13-18-25-24-17-5-3-4-12-26(17)18;/h3-9,12H,10-11,13H2,1-2H3,(H,23,27)(H2,20,21,22);1H. The number of anilines is 1. The highest BCUT2D eigenvalue weighted by Gasteiger charge is 2.05. The quantitative estimate of drug-likeness (QED) is 0.278. The molecule has 0 spiro atoms. The molecule has 0 aliphatic heterocycles. The van der Waals surface area contributed by atoms with E-state index in [2.05, 4.69) is 31.1 Å². The summed E-state index contributed by atoms with van der Waals surface area (Å²) in [6, 6.07) is 13.6. The Bertz CT molecular complexity index is 937. The lowest BCUT2D eigenvalue weighted by Gasteiger charge is -2.11. The maximum absolute atomic E-state index is 11.0. The fraction of sp³-hybridized carbons (Fsp3) is 0.263. The van der Waals surface area contributed by atoms with Crippen molar-refractivity contribution in [2.45, 2.75) is 19.9 Å². The normalized spacial score (nSPS) is 11.0. The number of aliphatic imine (C=N–C) groups is 1. The Labute approximate surface area is 180 Å². The molecule has 3 rings (SSSR count). The van der Waals surface area contributed by atoms with E-state index in [0.717, 1.165) is 30.1 Å². The maximum Gasteiger partial charge on any atom is 0.221 e. The van der Waals surface area contributed by atoms with Crippen LogP contribution in [0.25, 0.3) is 5.65 Å². The first-order valence-electron chi connectivity index (χ1n) is 8.75. The van der Waals surface area contributed by atoms with E-state index in [0.29, 0.717) is 12.5 Å². The zero-order valence-electron chi connectivity index (χ0n) is 15.8. The van der Waals surface area contributed by atoms with Crippen LogP contribution < -0.4 is 16.0 Å². The van der Waals surface area contributed by atoms with Crippen LogP contribution in [-0.4, -0.2) is 40.1 Å². The second-order valence-electron chi connectivity index (χ2n) is 6.03. The van der Waals surface area contributed by atoms with Crippen molar-refractivity contribution >= 4 is 47.2 Å². The summed E-state index contributed by atoms with van der Waals surface area (Å²) in [6.45, 7) is 2.76. The van der Waals surface area contributed by atoms with Crippen LogP contribution in [0.1, 0.15) is 18.3 Å². The summed E-state index contributed by atoms with van der Waals surface area (Å²) in [7, 11) is 1.74. The first-order chi connectivity index (χ1) is 13.2. The van der Waals surface area contributed by atoms with Crippen molar-refractivity contribution in [2.24, 2.45) is 4.99 Å². The Kier molecular flexibility index (Phi) is 8.18. The number of rotatable bonds is 6. The number of nitrogens with one attached hydrogen (secondary N) is 3. The van der Waals surface area contributed by atoms with Gasteiger partial charge in [-0.15, -0.1) is 34.2 Å². The van der Waals surface area contributed by atoms with E-state index in [1.165, 1.54) is 12.5 Å². The summed E-state index contributed by atoms with van der Waals surface area (Å²) in [4.78, 5) is 15.3. The molecule has 148 valence electrons. The molecule has 0 aliphatic rings. The summed E-state index contributed by atoms with van der Waals surface area (Å²) >= 11 is 0. The van der Waals surface area contributed by atoms with Crippen LogP contribution in [0, 0.1) is 0 Å². The third kappa shape index (κ3) is 5.91. The molecular weight excluding hydrogens is 469 g/mol. The molecule has 0 unspecified atom stereocenters. The summed E-state index contributed by atoms with van der Waals surface area (Å²) in [5.74, 6) is 1.46. The molecule has 3 aromatic rings. The smallest absolute Gasteiger partial charge is 0.221 e. The molecule has 0 aliphatic carbocycles.